The van der Waals surface area contributed by atoms with Gasteiger partial charge in [-0.2, -0.15) is 0 Å². The van der Waals surface area contributed by atoms with Crippen molar-refractivity contribution in [3.63, 3.8) is 0 Å². The van der Waals surface area contributed by atoms with Gasteiger partial charge in [0.1, 0.15) is 5.60 Å². The van der Waals surface area contributed by atoms with Crippen LogP contribution in [0, 0.1) is 0 Å². The molecule has 0 saturated carbocycles. The maximum absolute atomic E-state index is 11.9. The van der Waals surface area contributed by atoms with Crippen LogP contribution < -0.4 is 0 Å². The van der Waals surface area contributed by atoms with E-state index in [0.29, 0.717) is 13.0 Å². The number of ketones is 1. The molecule has 0 fully saturated rings. The first kappa shape index (κ1) is 15.6. The van der Waals surface area contributed by atoms with Crippen molar-refractivity contribution in [2.45, 2.75) is 78.2 Å². The summed E-state index contributed by atoms with van der Waals surface area (Å²) in [5.41, 5.74) is -0.529. The van der Waals surface area contributed by atoms with Gasteiger partial charge in [-0.25, -0.2) is 0 Å². The number of Topliss-reactive ketones (excluding diaryl/α,β-unsaturated/α-hetero) is 1. The van der Waals surface area contributed by atoms with Crippen LogP contribution in [-0.4, -0.2) is 18.0 Å². The molecule has 0 aliphatic heterocycles. The zero-order valence-corrected chi connectivity index (χ0v) is 11.5. The van der Waals surface area contributed by atoms with E-state index in [9.17, 15) is 4.79 Å². The van der Waals surface area contributed by atoms with Gasteiger partial charge in [0.2, 0.25) is 0 Å². The second-order valence-corrected chi connectivity index (χ2v) is 4.67. The zero-order chi connectivity index (χ0) is 12.4. The summed E-state index contributed by atoms with van der Waals surface area (Å²) in [7, 11) is 0. The van der Waals surface area contributed by atoms with Crippen molar-refractivity contribution < 1.29 is 9.53 Å². The number of hydrogen-bond donors (Lipinski definition) is 0. The van der Waals surface area contributed by atoms with E-state index in [4.69, 9.17) is 4.74 Å². The number of hydrogen-bond acceptors (Lipinski definition) is 2. The van der Waals surface area contributed by atoms with E-state index in [-0.39, 0.29) is 5.78 Å². The summed E-state index contributed by atoms with van der Waals surface area (Å²) >= 11 is 0. The largest absolute Gasteiger partial charge is 0.368 e. The molecule has 0 amide bonds. The molecule has 0 aromatic rings. The van der Waals surface area contributed by atoms with Gasteiger partial charge in [-0.1, -0.05) is 46.5 Å². The Balaban J connectivity index is 4.13. The lowest BCUT2D eigenvalue weighted by Crippen LogP contribution is -2.38. The molecule has 2 nitrogen and oxygen atoms in total. The Labute approximate surface area is 101 Å². The fourth-order valence-electron chi connectivity index (χ4n) is 1.88. The van der Waals surface area contributed by atoms with Crippen LogP contribution in [-0.2, 0) is 9.53 Å². The van der Waals surface area contributed by atoms with Gasteiger partial charge in [-0.05, 0) is 19.8 Å². The zero-order valence-electron chi connectivity index (χ0n) is 11.5. The molecule has 0 radical (unpaired) electrons. The van der Waals surface area contributed by atoms with Gasteiger partial charge in [-0.3, -0.25) is 4.79 Å². The number of rotatable bonds is 10. The molecule has 0 aromatic heterocycles. The van der Waals surface area contributed by atoms with Gasteiger partial charge in [0, 0.05) is 13.0 Å². The first-order chi connectivity index (χ1) is 7.60. The maximum Gasteiger partial charge on any atom is 0.164 e. The Morgan fingerprint density at radius 2 is 1.75 bits per heavy atom. The molecule has 0 saturated heterocycles. The SMILES string of the molecule is CCCCCCC(C)(OCCC)C(=O)CC. The van der Waals surface area contributed by atoms with Gasteiger partial charge in [-0.15, -0.1) is 0 Å². The smallest absolute Gasteiger partial charge is 0.164 e. The van der Waals surface area contributed by atoms with Crippen molar-refractivity contribution in [1.82, 2.24) is 0 Å². The Bertz CT molecular complexity index is 189. The lowest BCUT2D eigenvalue weighted by Gasteiger charge is -2.28. The molecule has 2 heteroatoms. The number of unbranched alkanes of at least 4 members (excludes halogenated alkanes) is 3. The molecule has 0 aromatic carbocycles. The van der Waals surface area contributed by atoms with Gasteiger partial charge in [0.15, 0.2) is 5.78 Å². The molecule has 0 spiro atoms. The van der Waals surface area contributed by atoms with Crippen LogP contribution in [0.3, 0.4) is 0 Å². The van der Waals surface area contributed by atoms with E-state index < -0.39 is 5.60 Å². The molecule has 0 aliphatic carbocycles. The number of ether oxygens (including phenoxy) is 1. The minimum Gasteiger partial charge on any atom is -0.368 e. The molecule has 16 heavy (non-hydrogen) atoms. The highest BCUT2D eigenvalue weighted by molar-refractivity contribution is 5.86. The van der Waals surface area contributed by atoms with Crippen molar-refractivity contribution in [3.05, 3.63) is 0 Å². The van der Waals surface area contributed by atoms with Crippen LogP contribution in [0.2, 0.25) is 0 Å². The highest BCUT2D eigenvalue weighted by Crippen LogP contribution is 2.22. The predicted molar refractivity (Wildman–Crippen MR) is 68.7 cm³/mol. The molecule has 1 atom stereocenters. The topological polar surface area (TPSA) is 26.3 Å². The standard InChI is InChI=1S/C14H28O2/c1-5-8-9-10-11-14(4,13(15)7-3)16-12-6-2/h5-12H2,1-4H3. The minimum absolute atomic E-state index is 0.248. The van der Waals surface area contributed by atoms with Crippen molar-refractivity contribution in [1.29, 1.82) is 0 Å². The normalized spacial score (nSPS) is 14.8. The van der Waals surface area contributed by atoms with Gasteiger partial charge in [0.05, 0.1) is 0 Å². The van der Waals surface area contributed by atoms with Gasteiger partial charge < -0.3 is 4.74 Å². The van der Waals surface area contributed by atoms with E-state index in [1.165, 1.54) is 19.3 Å². The van der Waals surface area contributed by atoms with Crippen LogP contribution in [0.25, 0.3) is 0 Å². The van der Waals surface area contributed by atoms with Crippen LogP contribution in [0.5, 0.6) is 0 Å². The Morgan fingerprint density at radius 1 is 1.06 bits per heavy atom. The van der Waals surface area contributed by atoms with E-state index in [2.05, 4.69) is 13.8 Å². The molecule has 96 valence electrons. The monoisotopic (exact) mass is 228 g/mol. The van der Waals surface area contributed by atoms with Crippen molar-refractivity contribution in [2.24, 2.45) is 0 Å². The third-order valence-electron chi connectivity index (χ3n) is 3.04. The van der Waals surface area contributed by atoms with Gasteiger partial charge >= 0.3 is 0 Å². The molecular formula is C14H28O2. The fraction of sp³-hybridized carbons (Fsp3) is 0.929. The molecule has 0 heterocycles. The van der Waals surface area contributed by atoms with Crippen molar-refractivity contribution in [3.8, 4) is 0 Å². The Morgan fingerprint density at radius 3 is 2.25 bits per heavy atom. The average Bonchev–Trinajstić information content (AvgIpc) is 2.31. The first-order valence-electron chi connectivity index (χ1n) is 6.78. The van der Waals surface area contributed by atoms with E-state index in [0.717, 1.165) is 19.3 Å². The van der Waals surface area contributed by atoms with Gasteiger partial charge in [0.25, 0.3) is 0 Å². The summed E-state index contributed by atoms with van der Waals surface area (Å²) in [6, 6.07) is 0. The lowest BCUT2D eigenvalue weighted by molar-refractivity contribution is -0.143. The van der Waals surface area contributed by atoms with Crippen LogP contribution in [0.4, 0.5) is 0 Å². The first-order valence-corrected chi connectivity index (χ1v) is 6.78. The summed E-state index contributed by atoms with van der Waals surface area (Å²) in [5, 5.41) is 0. The Kier molecular flexibility index (Phi) is 8.54. The third kappa shape index (κ3) is 5.64. The summed E-state index contributed by atoms with van der Waals surface area (Å²) < 4.78 is 5.76. The van der Waals surface area contributed by atoms with E-state index >= 15 is 0 Å². The third-order valence-corrected chi connectivity index (χ3v) is 3.04. The number of carbonyl (C=O) groups excluding carboxylic acids is 1. The minimum atomic E-state index is -0.529. The molecule has 0 rings (SSSR count). The quantitative estimate of drug-likeness (QED) is 0.526. The van der Waals surface area contributed by atoms with Crippen molar-refractivity contribution in [2.75, 3.05) is 6.61 Å². The molecular weight excluding hydrogens is 200 g/mol. The second-order valence-electron chi connectivity index (χ2n) is 4.67. The molecule has 0 aliphatic rings. The van der Waals surface area contributed by atoms with Crippen molar-refractivity contribution >= 4 is 5.78 Å². The summed E-state index contributed by atoms with van der Waals surface area (Å²) in [5.74, 6) is 0.248. The maximum atomic E-state index is 11.9. The highest BCUT2D eigenvalue weighted by Gasteiger charge is 2.31. The summed E-state index contributed by atoms with van der Waals surface area (Å²) in [6.45, 7) is 8.84. The molecule has 0 bridgehead atoms. The van der Waals surface area contributed by atoms with E-state index in [1.54, 1.807) is 0 Å². The van der Waals surface area contributed by atoms with Crippen LogP contribution >= 0.6 is 0 Å². The number of carbonyl (C=O) groups is 1. The van der Waals surface area contributed by atoms with Crippen LogP contribution in [0.1, 0.15) is 72.6 Å². The molecule has 0 N–H and O–H groups in total. The van der Waals surface area contributed by atoms with Crippen LogP contribution in [0.15, 0.2) is 0 Å². The van der Waals surface area contributed by atoms with E-state index in [1.807, 2.05) is 13.8 Å². The summed E-state index contributed by atoms with van der Waals surface area (Å²) in [6.07, 6.45) is 7.21. The fourth-order valence-corrected chi connectivity index (χ4v) is 1.88. The Hall–Kier alpha value is -0.370. The highest BCUT2D eigenvalue weighted by atomic mass is 16.5. The molecule has 1 unspecified atom stereocenters. The summed E-state index contributed by atoms with van der Waals surface area (Å²) in [4.78, 5) is 11.9. The second kappa shape index (κ2) is 8.74. The lowest BCUT2D eigenvalue weighted by atomic mass is 9.91. The predicted octanol–water partition coefficient (Wildman–Crippen LogP) is 4.12. The average molecular weight is 228 g/mol.